The predicted molar refractivity (Wildman–Crippen MR) is 67.9 cm³/mol. The first-order valence-electron chi connectivity index (χ1n) is 5.64. The molecular formula is C15H13Cl. The lowest BCUT2D eigenvalue weighted by atomic mass is 9.93. The number of rotatable bonds is 1. The van der Waals surface area contributed by atoms with E-state index in [2.05, 4.69) is 54.6 Å². The summed E-state index contributed by atoms with van der Waals surface area (Å²) in [4.78, 5) is 0. The Morgan fingerprint density at radius 2 is 1.44 bits per heavy atom. The Bertz CT molecular complexity index is 490. The highest BCUT2D eigenvalue weighted by molar-refractivity contribution is 6.21. The van der Waals surface area contributed by atoms with Crippen molar-refractivity contribution >= 4 is 11.6 Å². The fraction of sp³-hybridized carbons (Fsp3) is 0.200. The average Bonchev–Trinajstić information content (AvgIpc) is 2.69. The van der Waals surface area contributed by atoms with Gasteiger partial charge in [-0.25, -0.2) is 0 Å². The lowest BCUT2D eigenvalue weighted by molar-refractivity contribution is 0.771. The summed E-state index contributed by atoms with van der Waals surface area (Å²) in [5.41, 5.74) is 4.07. The SMILES string of the molecule is Cl[C@@H]1C[C@H](c2ccccc2)c2ccccc21. The van der Waals surface area contributed by atoms with Crippen LogP contribution in [0.2, 0.25) is 0 Å². The number of benzene rings is 2. The Labute approximate surface area is 101 Å². The maximum absolute atomic E-state index is 6.39. The molecule has 0 heterocycles. The molecule has 80 valence electrons. The van der Waals surface area contributed by atoms with E-state index in [1.54, 1.807) is 0 Å². The molecule has 3 rings (SSSR count). The smallest absolute Gasteiger partial charge is 0.0597 e. The standard InChI is InChI=1S/C15H13Cl/c16-15-10-14(11-6-2-1-3-7-11)12-8-4-5-9-13(12)15/h1-9,14-15H,10H2/t14-,15-/m1/s1. The average molecular weight is 229 g/mol. The second-order valence-corrected chi connectivity index (χ2v) is 4.82. The molecule has 0 bridgehead atoms. The molecule has 0 nitrogen and oxygen atoms in total. The Balaban J connectivity index is 2.07. The second-order valence-electron chi connectivity index (χ2n) is 4.30. The van der Waals surface area contributed by atoms with Crippen molar-refractivity contribution in [3.63, 3.8) is 0 Å². The van der Waals surface area contributed by atoms with Gasteiger partial charge in [-0.1, -0.05) is 54.6 Å². The Morgan fingerprint density at radius 3 is 2.19 bits per heavy atom. The fourth-order valence-corrected chi connectivity index (χ4v) is 2.95. The molecule has 0 saturated carbocycles. The van der Waals surface area contributed by atoms with Crippen LogP contribution in [-0.4, -0.2) is 0 Å². The van der Waals surface area contributed by atoms with Crippen LogP contribution in [0.3, 0.4) is 0 Å². The minimum atomic E-state index is 0.168. The van der Waals surface area contributed by atoms with Gasteiger partial charge in [-0.15, -0.1) is 11.6 Å². The zero-order chi connectivity index (χ0) is 11.0. The van der Waals surface area contributed by atoms with Crippen LogP contribution in [0.25, 0.3) is 0 Å². The van der Waals surface area contributed by atoms with Gasteiger partial charge in [0.15, 0.2) is 0 Å². The normalized spacial score (nSPS) is 23.1. The van der Waals surface area contributed by atoms with Gasteiger partial charge in [0.25, 0.3) is 0 Å². The monoisotopic (exact) mass is 228 g/mol. The molecule has 0 N–H and O–H groups in total. The summed E-state index contributed by atoms with van der Waals surface area (Å²) in [5.74, 6) is 0.472. The van der Waals surface area contributed by atoms with Crippen LogP contribution in [0, 0.1) is 0 Å². The molecule has 0 radical (unpaired) electrons. The number of halogens is 1. The van der Waals surface area contributed by atoms with Gasteiger partial charge in [-0.05, 0) is 23.1 Å². The molecule has 1 aliphatic carbocycles. The van der Waals surface area contributed by atoms with Crippen molar-refractivity contribution in [2.75, 3.05) is 0 Å². The molecule has 2 aromatic carbocycles. The van der Waals surface area contributed by atoms with Crippen molar-refractivity contribution in [3.8, 4) is 0 Å². The summed E-state index contributed by atoms with van der Waals surface area (Å²) in [5, 5.41) is 0.168. The largest absolute Gasteiger partial charge is 0.118 e. The van der Waals surface area contributed by atoms with E-state index in [4.69, 9.17) is 11.6 Å². The minimum Gasteiger partial charge on any atom is -0.118 e. The van der Waals surface area contributed by atoms with Gasteiger partial charge < -0.3 is 0 Å². The van der Waals surface area contributed by atoms with E-state index >= 15 is 0 Å². The third kappa shape index (κ3) is 1.54. The van der Waals surface area contributed by atoms with Crippen LogP contribution in [0.15, 0.2) is 54.6 Å². The van der Waals surface area contributed by atoms with Gasteiger partial charge in [-0.3, -0.25) is 0 Å². The van der Waals surface area contributed by atoms with E-state index in [0.29, 0.717) is 5.92 Å². The summed E-state index contributed by atoms with van der Waals surface area (Å²) < 4.78 is 0. The number of alkyl halides is 1. The van der Waals surface area contributed by atoms with E-state index in [9.17, 15) is 0 Å². The zero-order valence-corrected chi connectivity index (χ0v) is 9.69. The summed E-state index contributed by atoms with van der Waals surface area (Å²) >= 11 is 6.39. The van der Waals surface area contributed by atoms with Crippen LogP contribution in [0.1, 0.15) is 34.4 Å². The maximum Gasteiger partial charge on any atom is 0.0597 e. The summed E-state index contributed by atoms with van der Waals surface area (Å²) in [6.07, 6.45) is 1.02. The van der Waals surface area contributed by atoms with Gasteiger partial charge in [0, 0.05) is 5.92 Å². The molecule has 0 amide bonds. The van der Waals surface area contributed by atoms with Gasteiger partial charge in [-0.2, -0.15) is 0 Å². The molecule has 1 aliphatic rings. The quantitative estimate of drug-likeness (QED) is 0.631. The van der Waals surface area contributed by atoms with Crippen LogP contribution in [0.4, 0.5) is 0 Å². The molecule has 0 fully saturated rings. The summed E-state index contributed by atoms with van der Waals surface area (Å²) in [6.45, 7) is 0. The molecule has 2 atom stereocenters. The molecule has 0 aliphatic heterocycles. The van der Waals surface area contributed by atoms with Crippen molar-refractivity contribution in [1.29, 1.82) is 0 Å². The van der Waals surface area contributed by atoms with E-state index in [0.717, 1.165) is 6.42 Å². The third-order valence-corrected chi connectivity index (χ3v) is 3.77. The van der Waals surface area contributed by atoms with Gasteiger partial charge in [0.05, 0.1) is 5.38 Å². The molecule has 0 spiro atoms. The third-order valence-electron chi connectivity index (χ3n) is 3.35. The van der Waals surface area contributed by atoms with Crippen LogP contribution in [-0.2, 0) is 0 Å². The zero-order valence-electron chi connectivity index (χ0n) is 8.94. The Kier molecular flexibility index (Phi) is 2.45. The summed E-state index contributed by atoms with van der Waals surface area (Å²) in [7, 11) is 0. The van der Waals surface area contributed by atoms with E-state index < -0.39 is 0 Å². The maximum atomic E-state index is 6.39. The molecule has 0 saturated heterocycles. The first-order valence-corrected chi connectivity index (χ1v) is 6.08. The van der Waals surface area contributed by atoms with E-state index in [1.165, 1.54) is 16.7 Å². The van der Waals surface area contributed by atoms with Crippen molar-refractivity contribution in [3.05, 3.63) is 71.3 Å². The lowest BCUT2D eigenvalue weighted by Crippen LogP contribution is -1.95. The Hall–Kier alpha value is -1.27. The number of hydrogen-bond acceptors (Lipinski definition) is 0. The van der Waals surface area contributed by atoms with Crippen molar-refractivity contribution in [2.45, 2.75) is 17.7 Å². The highest BCUT2D eigenvalue weighted by Gasteiger charge is 2.29. The van der Waals surface area contributed by atoms with Gasteiger partial charge in [0.2, 0.25) is 0 Å². The first-order chi connectivity index (χ1) is 7.86. The van der Waals surface area contributed by atoms with E-state index in [1.807, 2.05) is 0 Å². The van der Waals surface area contributed by atoms with Crippen LogP contribution >= 0.6 is 11.6 Å². The minimum absolute atomic E-state index is 0.168. The highest BCUT2D eigenvalue weighted by atomic mass is 35.5. The second kappa shape index (κ2) is 3.95. The topological polar surface area (TPSA) is 0 Å². The molecule has 1 heteroatoms. The first kappa shape index (κ1) is 9.92. The van der Waals surface area contributed by atoms with Gasteiger partial charge in [0.1, 0.15) is 0 Å². The predicted octanol–water partition coefficient (Wildman–Crippen LogP) is 4.50. The molecular weight excluding hydrogens is 216 g/mol. The molecule has 16 heavy (non-hydrogen) atoms. The number of hydrogen-bond donors (Lipinski definition) is 0. The van der Waals surface area contributed by atoms with E-state index in [-0.39, 0.29) is 5.38 Å². The van der Waals surface area contributed by atoms with Crippen LogP contribution < -0.4 is 0 Å². The lowest BCUT2D eigenvalue weighted by Gasteiger charge is -2.11. The highest BCUT2D eigenvalue weighted by Crippen LogP contribution is 2.46. The molecule has 2 aromatic rings. The molecule has 0 aromatic heterocycles. The summed E-state index contributed by atoms with van der Waals surface area (Å²) in [6, 6.07) is 19.2. The van der Waals surface area contributed by atoms with Gasteiger partial charge >= 0.3 is 0 Å². The van der Waals surface area contributed by atoms with Crippen molar-refractivity contribution in [1.82, 2.24) is 0 Å². The van der Waals surface area contributed by atoms with Crippen molar-refractivity contribution in [2.24, 2.45) is 0 Å². The van der Waals surface area contributed by atoms with Crippen LogP contribution in [0.5, 0.6) is 0 Å². The van der Waals surface area contributed by atoms with Crippen molar-refractivity contribution < 1.29 is 0 Å². The fourth-order valence-electron chi connectivity index (χ4n) is 2.58. The molecule has 0 unspecified atom stereocenters. The number of fused-ring (bicyclic) bond motifs is 1. The Morgan fingerprint density at radius 1 is 0.812 bits per heavy atom.